The van der Waals surface area contributed by atoms with E-state index < -0.39 is 12.0 Å². The summed E-state index contributed by atoms with van der Waals surface area (Å²) in [5.74, 6) is -1.17. The molecule has 0 aliphatic carbocycles. The van der Waals surface area contributed by atoms with Gasteiger partial charge in [-0.3, -0.25) is 0 Å². The second-order valence-corrected chi connectivity index (χ2v) is 2.50. The molecule has 2 heterocycles. The molecule has 4 N–H and O–H groups in total. The molecule has 0 aliphatic heterocycles. The molecule has 0 unspecified atom stereocenters. The van der Waals surface area contributed by atoms with Crippen molar-refractivity contribution < 1.29 is 9.18 Å². The largest absolute Gasteiger partial charge is 0.368 e. The fourth-order valence-corrected chi connectivity index (χ4v) is 1.07. The van der Waals surface area contributed by atoms with Crippen molar-refractivity contribution in [2.24, 2.45) is 5.73 Å². The molecule has 0 atom stereocenters. The number of halogens is 1. The Labute approximate surface area is 76.6 Å². The molecule has 72 valence electrons. The van der Waals surface area contributed by atoms with Crippen molar-refractivity contribution in [1.82, 2.24) is 19.5 Å². The maximum atomic E-state index is 13.2. The molecule has 2 aromatic rings. The van der Waals surface area contributed by atoms with Gasteiger partial charge < -0.3 is 11.5 Å². The fourth-order valence-electron chi connectivity index (χ4n) is 1.07. The van der Waals surface area contributed by atoms with Crippen LogP contribution in [0, 0.1) is 5.95 Å². The number of hydrogen-bond donors (Lipinski definition) is 2. The summed E-state index contributed by atoms with van der Waals surface area (Å²) in [6.07, 6.45) is 1.06. The summed E-state index contributed by atoms with van der Waals surface area (Å²) < 4.78 is 14.0. The summed E-state index contributed by atoms with van der Waals surface area (Å²) in [4.78, 5) is 21.3. The van der Waals surface area contributed by atoms with E-state index in [-0.39, 0.29) is 17.1 Å². The van der Waals surface area contributed by atoms with Gasteiger partial charge in [0.15, 0.2) is 11.2 Å². The lowest BCUT2D eigenvalue weighted by Gasteiger charge is -1.97. The van der Waals surface area contributed by atoms with Crippen LogP contribution >= 0.6 is 0 Å². The number of nitrogens with two attached hydrogens (primary N) is 2. The molecule has 0 aliphatic rings. The molecule has 0 spiro atoms. The highest BCUT2D eigenvalue weighted by Gasteiger charge is 2.14. The Balaban J connectivity index is 2.85. The van der Waals surface area contributed by atoms with Crippen LogP contribution in [-0.4, -0.2) is 25.6 Å². The molecule has 0 saturated heterocycles. The first-order valence-corrected chi connectivity index (χ1v) is 3.55. The number of nitrogens with zero attached hydrogens (tertiary/aromatic N) is 4. The van der Waals surface area contributed by atoms with Crippen LogP contribution in [0.4, 0.5) is 15.1 Å². The zero-order chi connectivity index (χ0) is 10.3. The highest BCUT2D eigenvalue weighted by Crippen LogP contribution is 2.13. The molecule has 14 heavy (non-hydrogen) atoms. The van der Waals surface area contributed by atoms with Crippen LogP contribution in [0.15, 0.2) is 6.33 Å². The highest BCUT2D eigenvalue weighted by molar-refractivity contribution is 5.86. The number of aromatic nitrogens is 4. The summed E-state index contributed by atoms with van der Waals surface area (Å²) >= 11 is 0. The van der Waals surface area contributed by atoms with Gasteiger partial charge >= 0.3 is 6.03 Å². The number of nitrogen functional groups attached to an aromatic ring is 1. The van der Waals surface area contributed by atoms with E-state index in [1.807, 2.05) is 0 Å². The van der Waals surface area contributed by atoms with E-state index in [1.165, 1.54) is 0 Å². The lowest BCUT2D eigenvalue weighted by atomic mass is 10.5. The molecule has 0 radical (unpaired) electrons. The predicted molar refractivity (Wildman–Crippen MR) is 44.7 cm³/mol. The van der Waals surface area contributed by atoms with Gasteiger partial charge in [0.05, 0.1) is 0 Å². The Hall–Kier alpha value is -2.25. The third-order valence-corrected chi connectivity index (χ3v) is 1.61. The molecular weight excluding hydrogens is 191 g/mol. The summed E-state index contributed by atoms with van der Waals surface area (Å²) in [5.41, 5.74) is 9.96. The standard InChI is InChI=1S/C6H5FN6O/c7-3-2-4(12-5(8)11-3)10-1-13(2)6(9)14/h1H,(H2,9,14)(H2,8,11,12). The molecule has 2 aromatic heterocycles. The minimum atomic E-state index is -0.927. The number of rotatable bonds is 0. The first kappa shape index (κ1) is 8.35. The van der Waals surface area contributed by atoms with Crippen LogP contribution in [0.2, 0.25) is 0 Å². The summed E-state index contributed by atoms with van der Waals surface area (Å²) in [5, 5.41) is 0. The maximum Gasteiger partial charge on any atom is 0.324 e. The van der Waals surface area contributed by atoms with Crippen molar-refractivity contribution in [3.05, 3.63) is 12.3 Å². The third-order valence-electron chi connectivity index (χ3n) is 1.61. The number of carbonyl (C=O) groups excluding carboxylic acids is 1. The smallest absolute Gasteiger partial charge is 0.324 e. The molecule has 1 amide bonds. The minimum absolute atomic E-state index is 0.00574. The van der Waals surface area contributed by atoms with Gasteiger partial charge in [-0.2, -0.15) is 14.4 Å². The van der Waals surface area contributed by atoms with E-state index in [1.54, 1.807) is 0 Å². The summed E-state index contributed by atoms with van der Waals surface area (Å²) in [7, 11) is 0. The Morgan fingerprint density at radius 1 is 1.50 bits per heavy atom. The van der Waals surface area contributed by atoms with Gasteiger partial charge in [-0.15, -0.1) is 0 Å². The predicted octanol–water partition coefficient (Wildman–Crippen LogP) is -0.526. The maximum absolute atomic E-state index is 13.2. The van der Waals surface area contributed by atoms with Crippen LogP contribution in [0.3, 0.4) is 0 Å². The second kappa shape index (κ2) is 2.62. The van der Waals surface area contributed by atoms with Gasteiger partial charge in [0, 0.05) is 0 Å². The number of anilines is 1. The SMILES string of the molecule is NC(=O)n1cnc2nc(N)nc(F)c21. The van der Waals surface area contributed by atoms with Crippen LogP contribution in [-0.2, 0) is 0 Å². The van der Waals surface area contributed by atoms with Crippen LogP contribution < -0.4 is 11.5 Å². The average molecular weight is 196 g/mol. The van der Waals surface area contributed by atoms with Crippen molar-refractivity contribution in [3.63, 3.8) is 0 Å². The van der Waals surface area contributed by atoms with Gasteiger partial charge in [0.25, 0.3) is 0 Å². The Kier molecular flexibility index (Phi) is 1.56. The Morgan fingerprint density at radius 3 is 2.86 bits per heavy atom. The first-order chi connectivity index (χ1) is 6.59. The number of imidazole rings is 1. The van der Waals surface area contributed by atoms with E-state index in [0.717, 1.165) is 10.9 Å². The minimum Gasteiger partial charge on any atom is -0.368 e. The first-order valence-electron chi connectivity index (χ1n) is 3.55. The Bertz CT molecular complexity index is 520. The molecule has 8 heteroatoms. The zero-order valence-electron chi connectivity index (χ0n) is 6.81. The van der Waals surface area contributed by atoms with E-state index in [4.69, 9.17) is 11.5 Å². The lowest BCUT2D eigenvalue weighted by Crippen LogP contribution is -2.19. The van der Waals surface area contributed by atoms with E-state index in [0.29, 0.717) is 0 Å². The highest BCUT2D eigenvalue weighted by atomic mass is 19.1. The normalized spacial score (nSPS) is 10.6. The van der Waals surface area contributed by atoms with Crippen molar-refractivity contribution in [2.45, 2.75) is 0 Å². The topological polar surface area (TPSA) is 113 Å². The number of primary amides is 1. The van der Waals surface area contributed by atoms with Crippen LogP contribution in [0.1, 0.15) is 0 Å². The van der Waals surface area contributed by atoms with E-state index >= 15 is 0 Å². The van der Waals surface area contributed by atoms with Crippen molar-refractivity contribution in [3.8, 4) is 0 Å². The quantitative estimate of drug-likeness (QED) is 0.550. The van der Waals surface area contributed by atoms with Gasteiger partial charge in [-0.05, 0) is 0 Å². The van der Waals surface area contributed by atoms with Crippen LogP contribution in [0.5, 0.6) is 0 Å². The molecule has 0 aromatic carbocycles. The van der Waals surface area contributed by atoms with E-state index in [2.05, 4.69) is 15.0 Å². The lowest BCUT2D eigenvalue weighted by molar-refractivity contribution is 0.251. The number of carbonyl (C=O) groups is 1. The Morgan fingerprint density at radius 2 is 2.21 bits per heavy atom. The zero-order valence-corrected chi connectivity index (χ0v) is 6.81. The van der Waals surface area contributed by atoms with Gasteiger partial charge in [0.2, 0.25) is 11.9 Å². The van der Waals surface area contributed by atoms with Crippen molar-refractivity contribution in [1.29, 1.82) is 0 Å². The van der Waals surface area contributed by atoms with Gasteiger partial charge in [-0.25, -0.2) is 14.3 Å². The van der Waals surface area contributed by atoms with Crippen molar-refractivity contribution in [2.75, 3.05) is 5.73 Å². The number of amides is 1. The van der Waals surface area contributed by atoms with Crippen molar-refractivity contribution >= 4 is 23.1 Å². The number of hydrogen-bond acceptors (Lipinski definition) is 5. The third kappa shape index (κ3) is 1.04. The second-order valence-electron chi connectivity index (χ2n) is 2.50. The van der Waals surface area contributed by atoms with Crippen LogP contribution in [0.25, 0.3) is 11.2 Å². The van der Waals surface area contributed by atoms with E-state index in [9.17, 15) is 9.18 Å². The number of fused-ring (bicyclic) bond motifs is 1. The molecule has 0 fully saturated rings. The molecular formula is C6H5FN6O. The average Bonchev–Trinajstić information content (AvgIpc) is 2.47. The summed E-state index contributed by atoms with van der Waals surface area (Å²) in [6.45, 7) is 0. The monoisotopic (exact) mass is 196 g/mol. The molecule has 0 bridgehead atoms. The fraction of sp³-hybridized carbons (Fsp3) is 0. The molecule has 7 nitrogen and oxygen atoms in total. The van der Waals surface area contributed by atoms with Gasteiger partial charge in [0.1, 0.15) is 6.33 Å². The summed E-state index contributed by atoms with van der Waals surface area (Å²) in [6, 6.07) is -0.861. The van der Waals surface area contributed by atoms with Gasteiger partial charge in [-0.1, -0.05) is 0 Å². The molecule has 0 saturated carbocycles. The molecule has 2 rings (SSSR count).